The third-order valence-corrected chi connectivity index (χ3v) is 9.09. The average molecular weight is 361 g/mol. The molecule has 0 saturated carbocycles. The van der Waals surface area contributed by atoms with Crippen molar-refractivity contribution < 1.29 is 21.7 Å². The summed E-state index contributed by atoms with van der Waals surface area (Å²) in [5.41, 5.74) is 5.58. The second-order valence-corrected chi connectivity index (χ2v) is 8.47. The predicted octanol–water partition coefficient (Wildman–Crippen LogP) is 5.03. The zero-order valence-electron chi connectivity index (χ0n) is 13.1. The molecular formula is C16H22Cl2SiTi. The molecule has 2 unspecified atom stereocenters. The fraction of sp³-hybridized carbons (Fsp3) is 0.500. The van der Waals surface area contributed by atoms with Crippen molar-refractivity contribution in [2.45, 2.75) is 41.5 Å². The van der Waals surface area contributed by atoms with Gasteiger partial charge < -0.3 is 0 Å². The summed E-state index contributed by atoms with van der Waals surface area (Å²) in [5, 5.41) is 5.17. The van der Waals surface area contributed by atoms with Gasteiger partial charge >= 0.3 is 0 Å². The van der Waals surface area contributed by atoms with Crippen LogP contribution in [0.15, 0.2) is 42.7 Å². The fourth-order valence-electron chi connectivity index (χ4n) is 3.15. The van der Waals surface area contributed by atoms with E-state index < -0.39 is 9.52 Å². The molecule has 0 nitrogen and oxygen atoms in total. The minimum Gasteiger partial charge on any atom is -0.0882 e. The molecule has 0 N–H and O–H groups in total. The van der Waals surface area contributed by atoms with Crippen LogP contribution in [0.5, 0.6) is 0 Å². The molecule has 2 aliphatic carbocycles. The first-order chi connectivity index (χ1) is 8.77. The van der Waals surface area contributed by atoms with Crippen LogP contribution >= 0.6 is 23.2 Å². The Morgan fingerprint density at radius 3 is 1.25 bits per heavy atom. The van der Waals surface area contributed by atoms with Gasteiger partial charge in [0.25, 0.3) is 0 Å². The molecule has 0 radical (unpaired) electrons. The van der Waals surface area contributed by atoms with Gasteiger partial charge in [-0.2, -0.15) is 0 Å². The van der Waals surface area contributed by atoms with Crippen LogP contribution in [0.25, 0.3) is 0 Å². The molecule has 2 rings (SSSR count). The predicted molar refractivity (Wildman–Crippen MR) is 89.4 cm³/mol. The van der Waals surface area contributed by atoms with Crippen molar-refractivity contribution in [3.8, 4) is 0 Å². The van der Waals surface area contributed by atoms with Crippen LogP contribution in [0.2, 0.25) is 0 Å². The minimum absolute atomic E-state index is 0. The molecule has 0 heterocycles. The average Bonchev–Trinajstić information content (AvgIpc) is 2.68. The Bertz CT molecular complexity index is 517. The zero-order chi connectivity index (χ0) is 14.5. The summed E-state index contributed by atoms with van der Waals surface area (Å²) in [6, 6.07) is 0. The molecule has 0 aromatic heterocycles. The first-order valence-electron chi connectivity index (χ1n) is 6.89. The summed E-state index contributed by atoms with van der Waals surface area (Å²) < 4.78 is 0. The Kier molecular flexibility index (Phi) is 6.21. The van der Waals surface area contributed by atoms with Crippen LogP contribution in [0.4, 0.5) is 0 Å². The molecule has 0 fully saturated rings. The Balaban J connectivity index is 0.00000200. The van der Waals surface area contributed by atoms with E-state index in [-0.39, 0.29) is 21.7 Å². The third kappa shape index (κ3) is 2.85. The van der Waals surface area contributed by atoms with Gasteiger partial charge in [-0.3, -0.25) is 0 Å². The van der Waals surface area contributed by atoms with Gasteiger partial charge in [0, 0.05) is 43.6 Å². The van der Waals surface area contributed by atoms with Gasteiger partial charge in [-0.25, -0.2) is 0 Å². The van der Waals surface area contributed by atoms with E-state index >= 15 is 0 Å². The van der Waals surface area contributed by atoms with E-state index in [0.717, 1.165) is 10.1 Å². The van der Waals surface area contributed by atoms with E-state index in [2.05, 4.69) is 41.5 Å². The number of hydrogen-bond donors (Lipinski definition) is 0. The molecule has 0 saturated heterocycles. The molecule has 2 atom stereocenters. The molecule has 0 aliphatic heterocycles. The molecular weight excluding hydrogens is 339 g/mol. The van der Waals surface area contributed by atoms with Crippen molar-refractivity contribution >= 4 is 32.7 Å². The monoisotopic (exact) mass is 360 g/mol. The van der Waals surface area contributed by atoms with Crippen LogP contribution in [0, 0.1) is 11.8 Å². The van der Waals surface area contributed by atoms with Crippen molar-refractivity contribution in [3.05, 3.63) is 42.7 Å². The topological polar surface area (TPSA) is 0 Å². The van der Waals surface area contributed by atoms with Crippen LogP contribution in [-0.2, 0) is 21.7 Å². The number of halogens is 2. The van der Waals surface area contributed by atoms with E-state index in [9.17, 15) is 0 Å². The molecule has 108 valence electrons. The Morgan fingerprint density at radius 2 is 1.05 bits per heavy atom. The first-order valence-corrected chi connectivity index (χ1v) is 9.06. The van der Waals surface area contributed by atoms with E-state index in [4.69, 9.17) is 23.2 Å². The zero-order valence-corrected chi connectivity index (χ0v) is 17.6. The maximum atomic E-state index is 6.42. The van der Waals surface area contributed by atoms with Gasteiger partial charge in [0.05, 0.1) is 9.52 Å². The fourth-order valence-corrected chi connectivity index (χ4v) is 6.37. The van der Waals surface area contributed by atoms with Gasteiger partial charge in [-0.15, -0.1) is 0 Å². The molecule has 0 aromatic rings. The van der Waals surface area contributed by atoms with Gasteiger partial charge in [0.1, 0.15) is 0 Å². The molecule has 4 heteroatoms. The molecule has 0 amide bonds. The van der Waals surface area contributed by atoms with E-state index in [1.165, 1.54) is 22.3 Å². The van der Waals surface area contributed by atoms with Crippen molar-refractivity contribution in [1.29, 1.82) is 0 Å². The van der Waals surface area contributed by atoms with Crippen LogP contribution in [0.1, 0.15) is 41.5 Å². The van der Waals surface area contributed by atoms with Crippen molar-refractivity contribution in [1.82, 2.24) is 0 Å². The Morgan fingerprint density at radius 1 is 0.750 bits per heavy atom. The van der Waals surface area contributed by atoms with E-state index in [1.807, 2.05) is 0 Å². The quantitative estimate of drug-likeness (QED) is 0.606. The minimum atomic E-state index is -0.478. The van der Waals surface area contributed by atoms with E-state index in [0.29, 0.717) is 11.8 Å². The third-order valence-electron chi connectivity index (χ3n) is 4.99. The normalized spacial score (nSPS) is 27.6. The maximum Gasteiger partial charge on any atom is 0.0882 e. The SMILES string of the molecule is CC1=C(Cl)C(C)C(C)=C1[SiH2]C1=C(C)C(C)C(Cl)=C1C.[Ti]. The smallest absolute Gasteiger partial charge is 0.0882 e. The summed E-state index contributed by atoms with van der Waals surface area (Å²) in [7, 11) is -0.478. The Hall–Kier alpha value is 0.471. The largest absolute Gasteiger partial charge is 0.0882 e. The van der Waals surface area contributed by atoms with Gasteiger partial charge in [-0.1, -0.05) is 58.6 Å². The first kappa shape index (κ1) is 18.5. The van der Waals surface area contributed by atoms with Gasteiger partial charge in [0.15, 0.2) is 0 Å². The van der Waals surface area contributed by atoms with Crippen LogP contribution < -0.4 is 0 Å². The molecule has 0 bridgehead atoms. The summed E-state index contributed by atoms with van der Waals surface area (Å²) >= 11 is 12.8. The molecule has 0 spiro atoms. The van der Waals surface area contributed by atoms with Crippen molar-refractivity contribution in [3.63, 3.8) is 0 Å². The number of hydrogen-bond acceptors (Lipinski definition) is 0. The number of allylic oxidation sites excluding steroid dienone is 8. The molecule has 0 aromatic carbocycles. The summed E-state index contributed by atoms with van der Waals surface area (Å²) in [5.74, 6) is 0.812. The van der Waals surface area contributed by atoms with Crippen LogP contribution in [-0.4, -0.2) is 9.52 Å². The summed E-state index contributed by atoms with van der Waals surface area (Å²) in [6.45, 7) is 13.2. The van der Waals surface area contributed by atoms with Gasteiger partial charge in [-0.05, 0) is 38.8 Å². The second kappa shape index (κ2) is 6.71. The summed E-state index contributed by atoms with van der Waals surface area (Å²) in [6.07, 6.45) is 0. The van der Waals surface area contributed by atoms with Crippen LogP contribution in [0.3, 0.4) is 0 Å². The van der Waals surface area contributed by atoms with Crippen molar-refractivity contribution in [2.24, 2.45) is 11.8 Å². The second-order valence-electron chi connectivity index (χ2n) is 5.89. The standard InChI is InChI=1S/C16H22Cl2Si.Ti/c1-7-9(3)15(11(5)13(7)17)19-16-10(4)8(2)14(18)12(16)6;/h7-8H,19H2,1-6H3;. The van der Waals surface area contributed by atoms with Gasteiger partial charge in [0.2, 0.25) is 0 Å². The molecule has 2 aliphatic rings. The van der Waals surface area contributed by atoms with E-state index in [1.54, 1.807) is 10.4 Å². The summed E-state index contributed by atoms with van der Waals surface area (Å²) in [4.78, 5) is 0. The molecule has 20 heavy (non-hydrogen) atoms. The van der Waals surface area contributed by atoms with Crippen molar-refractivity contribution in [2.75, 3.05) is 0 Å². The number of rotatable bonds is 2. The maximum absolute atomic E-state index is 6.42. The Labute approximate surface area is 150 Å².